The lowest BCUT2D eigenvalue weighted by atomic mass is 9.87. The van der Waals surface area contributed by atoms with Gasteiger partial charge >= 0.3 is 0 Å². The van der Waals surface area contributed by atoms with Crippen LogP contribution < -0.4 is 4.90 Å². The van der Waals surface area contributed by atoms with Crippen LogP contribution in [0.1, 0.15) is 89.5 Å². The van der Waals surface area contributed by atoms with Gasteiger partial charge in [-0.15, -0.1) is 0 Å². The van der Waals surface area contributed by atoms with Crippen LogP contribution in [-0.2, 0) is 15.4 Å². The fourth-order valence-electron chi connectivity index (χ4n) is 6.52. The Kier molecular flexibility index (Phi) is 9.05. The summed E-state index contributed by atoms with van der Waals surface area (Å²) in [5.41, 5.74) is 3.07. The predicted molar refractivity (Wildman–Crippen MR) is 184 cm³/mol. The minimum atomic E-state index is -3.65. The van der Waals surface area contributed by atoms with Gasteiger partial charge in [-0.1, -0.05) is 70.0 Å². The van der Waals surface area contributed by atoms with Crippen LogP contribution in [0.3, 0.4) is 0 Å². The second-order valence-electron chi connectivity index (χ2n) is 13.4. The third-order valence-electron chi connectivity index (χ3n) is 9.21. The van der Waals surface area contributed by atoms with E-state index < -0.39 is 10.0 Å². The Hall–Kier alpha value is -4.34. The van der Waals surface area contributed by atoms with E-state index in [0.29, 0.717) is 47.3 Å². The molecule has 0 N–H and O–H groups in total. The molecule has 3 amide bonds. The van der Waals surface area contributed by atoms with E-state index in [1.165, 1.54) is 17.0 Å². The quantitative estimate of drug-likeness (QED) is 0.191. The molecule has 2 aliphatic heterocycles. The molecular weight excluding hydrogens is 611 g/mol. The lowest BCUT2D eigenvalue weighted by Crippen LogP contribution is -2.42. The van der Waals surface area contributed by atoms with Crippen LogP contribution in [0.4, 0.5) is 5.69 Å². The molecule has 0 saturated carbocycles. The molecule has 4 aromatic rings. The van der Waals surface area contributed by atoms with Crippen LogP contribution in [-0.4, -0.2) is 61.5 Å². The molecule has 0 unspecified atom stereocenters. The molecule has 2 heterocycles. The Bertz CT molecular complexity index is 1870. The van der Waals surface area contributed by atoms with Gasteiger partial charge in [0.15, 0.2) is 0 Å². The van der Waals surface area contributed by atoms with E-state index in [4.69, 9.17) is 0 Å². The van der Waals surface area contributed by atoms with Gasteiger partial charge < -0.3 is 4.90 Å². The second kappa shape index (κ2) is 13.0. The zero-order chi connectivity index (χ0) is 33.3. The van der Waals surface area contributed by atoms with Crippen molar-refractivity contribution in [1.29, 1.82) is 0 Å². The van der Waals surface area contributed by atoms with Gasteiger partial charge in [0, 0.05) is 53.9 Å². The fourth-order valence-corrected chi connectivity index (χ4v) is 8.03. The molecule has 0 aromatic heterocycles. The Morgan fingerprint density at radius 1 is 0.766 bits per heavy atom. The Balaban J connectivity index is 1.24. The number of hydrogen-bond acceptors (Lipinski definition) is 5. The van der Waals surface area contributed by atoms with E-state index in [2.05, 4.69) is 20.8 Å². The molecule has 9 heteroatoms. The first kappa shape index (κ1) is 32.6. The number of nitrogens with zero attached hydrogens (tertiary/aromatic N) is 3. The molecular formula is C38H41N3O5S. The zero-order valence-electron chi connectivity index (χ0n) is 27.2. The summed E-state index contributed by atoms with van der Waals surface area (Å²) in [6.07, 6.45) is 4.08. The highest BCUT2D eigenvalue weighted by Crippen LogP contribution is 2.31. The van der Waals surface area contributed by atoms with Crippen LogP contribution in [0.25, 0.3) is 10.8 Å². The number of rotatable bonds is 8. The first-order valence-electron chi connectivity index (χ1n) is 16.4. The van der Waals surface area contributed by atoms with Crippen LogP contribution in [0.15, 0.2) is 89.8 Å². The van der Waals surface area contributed by atoms with Crippen LogP contribution >= 0.6 is 0 Å². The van der Waals surface area contributed by atoms with E-state index >= 15 is 0 Å². The largest absolute Gasteiger partial charge is 0.308 e. The number of carbonyl (C=O) groups is 3. The van der Waals surface area contributed by atoms with Gasteiger partial charge in [0.1, 0.15) is 0 Å². The molecule has 4 aromatic carbocycles. The number of amides is 3. The summed E-state index contributed by atoms with van der Waals surface area (Å²) in [7, 11) is -3.65. The predicted octanol–water partition coefficient (Wildman–Crippen LogP) is 7.04. The highest BCUT2D eigenvalue weighted by Gasteiger charge is 2.33. The van der Waals surface area contributed by atoms with E-state index in [1.807, 2.05) is 48.5 Å². The molecule has 0 aliphatic carbocycles. The molecule has 8 nitrogen and oxygen atoms in total. The summed E-state index contributed by atoms with van der Waals surface area (Å²) < 4.78 is 28.2. The SMILES string of the molecule is CC(C)(C)c1ccc(N(CCCN2C(=O)c3cccc4cccc(c34)C2=O)C(=O)c2ccc(S(=O)(=O)N3CCCCCC3)cc2)cc1. The van der Waals surface area contributed by atoms with Crippen molar-refractivity contribution >= 4 is 44.2 Å². The van der Waals surface area contributed by atoms with Gasteiger partial charge in [0.05, 0.1) is 4.90 Å². The zero-order valence-corrected chi connectivity index (χ0v) is 28.1. The average Bonchev–Trinajstić information content (AvgIpc) is 3.37. The van der Waals surface area contributed by atoms with E-state index in [9.17, 15) is 22.8 Å². The summed E-state index contributed by atoms with van der Waals surface area (Å²) >= 11 is 0. The molecule has 244 valence electrons. The van der Waals surface area contributed by atoms with Crippen molar-refractivity contribution in [3.8, 4) is 0 Å². The Labute approximate surface area is 277 Å². The van der Waals surface area contributed by atoms with Crippen molar-refractivity contribution < 1.29 is 22.8 Å². The van der Waals surface area contributed by atoms with Crippen molar-refractivity contribution in [3.05, 3.63) is 107 Å². The van der Waals surface area contributed by atoms with Gasteiger partial charge in [-0.2, -0.15) is 4.31 Å². The van der Waals surface area contributed by atoms with Gasteiger partial charge in [0.25, 0.3) is 17.7 Å². The maximum absolute atomic E-state index is 14.1. The van der Waals surface area contributed by atoms with Crippen molar-refractivity contribution in [2.24, 2.45) is 0 Å². The van der Waals surface area contributed by atoms with Crippen molar-refractivity contribution in [2.75, 3.05) is 31.1 Å². The van der Waals surface area contributed by atoms with Gasteiger partial charge in [0.2, 0.25) is 10.0 Å². The summed E-state index contributed by atoms with van der Waals surface area (Å²) in [6.45, 7) is 7.75. The summed E-state index contributed by atoms with van der Waals surface area (Å²) in [5.74, 6) is -0.973. The van der Waals surface area contributed by atoms with Crippen molar-refractivity contribution in [2.45, 2.75) is 63.2 Å². The number of carbonyl (C=O) groups excluding carboxylic acids is 3. The fraction of sp³-hybridized carbons (Fsp3) is 0.342. The average molecular weight is 652 g/mol. The first-order chi connectivity index (χ1) is 22.5. The molecule has 1 fully saturated rings. The van der Waals surface area contributed by atoms with E-state index in [0.717, 1.165) is 36.6 Å². The molecule has 47 heavy (non-hydrogen) atoms. The van der Waals surface area contributed by atoms with Crippen LogP contribution in [0.5, 0.6) is 0 Å². The molecule has 1 saturated heterocycles. The number of anilines is 1. The topological polar surface area (TPSA) is 95.1 Å². The lowest BCUT2D eigenvalue weighted by Gasteiger charge is -2.29. The van der Waals surface area contributed by atoms with Crippen LogP contribution in [0.2, 0.25) is 0 Å². The Morgan fingerprint density at radius 2 is 1.34 bits per heavy atom. The second-order valence-corrected chi connectivity index (χ2v) is 15.4. The smallest absolute Gasteiger partial charge is 0.261 e. The molecule has 0 radical (unpaired) electrons. The number of imide groups is 1. The number of hydrogen-bond donors (Lipinski definition) is 0. The van der Waals surface area contributed by atoms with Gasteiger partial charge in [-0.25, -0.2) is 8.42 Å². The van der Waals surface area contributed by atoms with Crippen molar-refractivity contribution in [3.63, 3.8) is 0 Å². The molecule has 0 atom stereocenters. The number of benzene rings is 4. The van der Waals surface area contributed by atoms with E-state index in [-0.39, 0.29) is 41.1 Å². The highest BCUT2D eigenvalue weighted by molar-refractivity contribution is 7.89. The molecule has 2 aliphatic rings. The van der Waals surface area contributed by atoms with Crippen molar-refractivity contribution in [1.82, 2.24) is 9.21 Å². The van der Waals surface area contributed by atoms with Gasteiger partial charge in [-0.3, -0.25) is 19.3 Å². The van der Waals surface area contributed by atoms with E-state index in [1.54, 1.807) is 33.5 Å². The minimum Gasteiger partial charge on any atom is -0.308 e. The maximum atomic E-state index is 14.1. The van der Waals surface area contributed by atoms with Crippen LogP contribution in [0, 0.1) is 0 Å². The molecule has 6 rings (SSSR count). The highest BCUT2D eigenvalue weighted by atomic mass is 32.2. The summed E-state index contributed by atoms with van der Waals surface area (Å²) in [6, 6.07) is 24.9. The van der Waals surface area contributed by atoms with Gasteiger partial charge in [-0.05, 0) is 84.2 Å². The number of sulfonamides is 1. The normalized spacial score (nSPS) is 15.9. The Morgan fingerprint density at radius 3 is 1.89 bits per heavy atom. The standard InChI is InChI=1S/C38H41N3O5S/c1-38(2,3)29-17-19-30(20-18-29)40(35(42)28-15-21-31(22-16-28)47(45,46)39-23-6-4-5-7-24-39)25-10-26-41-36(43)32-13-8-11-27-12-9-14-33(34(27)32)37(41)44/h8-9,11-22H,4-7,10,23-26H2,1-3H3. The summed E-state index contributed by atoms with van der Waals surface area (Å²) in [5, 5.41) is 1.53. The first-order valence-corrected chi connectivity index (χ1v) is 17.8. The maximum Gasteiger partial charge on any atom is 0.261 e. The molecule has 0 bridgehead atoms. The summed E-state index contributed by atoms with van der Waals surface area (Å²) in [4.78, 5) is 44.1. The molecule has 0 spiro atoms. The minimum absolute atomic E-state index is 0.0732. The third-order valence-corrected chi connectivity index (χ3v) is 11.1. The third kappa shape index (κ3) is 6.47. The lowest BCUT2D eigenvalue weighted by molar-refractivity contribution is 0.0610. The monoisotopic (exact) mass is 651 g/mol.